The summed E-state index contributed by atoms with van der Waals surface area (Å²) >= 11 is 0. The Hall–Kier alpha value is -1.02. The smallest absolute Gasteiger partial charge is 0.0314 e. The molecule has 2 saturated heterocycles. The third-order valence-electron chi connectivity index (χ3n) is 3.88. The summed E-state index contributed by atoms with van der Waals surface area (Å²) < 4.78 is 0. The Morgan fingerprint density at radius 2 is 1.60 bits per heavy atom. The van der Waals surface area contributed by atoms with Gasteiger partial charge in [-0.2, -0.15) is 0 Å². The predicted molar refractivity (Wildman–Crippen MR) is 62.8 cm³/mol. The van der Waals surface area contributed by atoms with Crippen LogP contribution in [0.25, 0.3) is 0 Å². The number of hydrogen-bond acceptors (Lipinski definition) is 2. The van der Waals surface area contributed by atoms with Crippen molar-refractivity contribution in [3.05, 3.63) is 29.8 Å². The fourth-order valence-corrected chi connectivity index (χ4v) is 3.10. The number of hydrogen-bond donors (Lipinski definition) is 2. The zero-order chi connectivity index (χ0) is 10.3. The first-order valence-electron chi connectivity index (χ1n) is 5.93. The molecule has 3 N–H and O–H groups in total. The molecule has 0 aromatic heterocycles. The van der Waals surface area contributed by atoms with E-state index in [1.54, 1.807) is 0 Å². The Balaban J connectivity index is 1.80. The van der Waals surface area contributed by atoms with Gasteiger partial charge in [-0.05, 0) is 49.3 Å². The summed E-state index contributed by atoms with van der Waals surface area (Å²) in [6.45, 7) is 0. The highest BCUT2D eigenvalue weighted by molar-refractivity contribution is 5.40. The van der Waals surface area contributed by atoms with Crippen LogP contribution in [0.2, 0.25) is 0 Å². The molecule has 0 amide bonds. The van der Waals surface area contributed by atoms with Crippen molar-refractivity contribution >= 4 is 5.69 Å². The molecule has 3 atom stereocenters. The molecule has 2 heteroatoms. The maximum Gasteiger partial charge on any atom is 0.0314 e. The van der Waals surface area contributed by atoms with Crippen LogP contribution in [-0.2, 0) is 0 Å². The van der Waals surface area contributed by atoms with Crippen molar-refractivity contribution in [1.82, 2.24) is 5.32 Å². The first-order chi connectivity index (χ1) is 7.31. The molecule has 15 heavy (non-hydrogen) atoms. The van der Waals surface area contributed by atoms with Crippen LogP contribution in [0.15, 0.2) is 24.3 Å². The van der Waals surface area contributed by atoms with Crippen LogP contribution in [-0.4, -0.2) is 12.1 Å². The van der Waals surface area contributed by atoms with Gasteiger partial charge in [-0.1, -0.05) is 12.1 Å². The summed E-state index contributed by atoms with van der Waals surface area (Å²) in [5.74, 6) is 0.754. The summed E-state index contributed by atoms with van der Waals surface area (Å²) in [6.07, 6.45) is 5.35. The molecule has 1 aromatic carbocycles. The molecule has 2 aliphatic rings. The van der Waals surface area contributed by atoms with E-state index >= 15 is 0 Å². The van der Waals surface area contributed by atoms with Gasteiger partial charge in [0, 0.05) is 17.8 Å². The average molecular weight is 202 g/mol. The van der Waals surface area contributed by atoms with E-state index in [0.717, 1.165) is 23.7 Å². The molecule has 0 aliphatic carbocycles. The van der Waals surface area contributed by atoms with Crippen LogP contribution in [0.4, 0.5) is 5.69 Å². The highest BCUT2D eigenvalue weighted by Gasteiger charge is 2.33. The van der Waals surface area contributed by atoms with E-state index in [1.165, 1.54) is 31.2 Å². The molecule has 2 fully saturated rings. The number of benzene rings is 1. The second kappa shape index (κ2) is 3.53. The number of anilines is 1. The van der Waals surface area contributed by atoms with Crippen LogP contribution < -0.4 is 11.1 Å². The zero-order valence-corrected chi connectivity index (χ0v) is 8.95. The molecule has 2 nitrogen and oxygen atoms in total. The second-order valence-corrected chi connectivity index (χ2v) is 4.97. The number of fused-ring (bicyclic) bond motifs is 2. The summed E-state index contributed by atoms with van der Waals surface area (Å²) in [5, 5.41) is 3.68. The van der Waals surface area contributed by atoms with E-state index in [9.17, 15) is 0 Å². The first-order valence-corrected chi connectivity index (χ1v) is 5.93. The number of nitrogens with two attached hydrogens (primary N) is 1. The highest BCUT2D eigenvalue weighted by Crippen LogP contribution is 2.37. The van der Waals surface area contributed by atoms with E-state index in [2.05, 4.69) is 17.4 Å². The minimum Gasteiger partial charge on any atom is -0.399 e. The van der Waals surface area contributed by atoms with Crippen molar-refractivity contribution in [3.63, 3.8) is 0 Å². The topological polar surface area (TPSA) is 38.0 Å². The lowest BCUT2D eigenvalue weighted by Crippen LogP contribution is -2.37. The van der Waals surface area contributed by atoms with Gasteiger partial charge < -0.3 is 11.1 Å². The van der Waals surface area contributed by atoms with Crippen molar-refractivity contribution in [3.8, 4) is 0 Å². The summed E-state index contributed by atoms with van der Waals surface area (Å²) in [7, 11) is 0. The molecule has 0 radical (unpaired) electrons. The average Bonchev–Trinajstić information content (AvgIpc) is 2.59. The third-order valence-corrected chi connectivity index (χ3v) is 3.88. The minimum absolute atomic E-state index is 0.754. The highest BCUT2D eigenvalue weighted by atomic mass is 15.0. The molecule has 3 rings (SSSR count). The molecule has 2 heterocycles. The van der Waals surface area contributed by atoms with Crippen LogP contribution in [0, 0.1) is 0 Å². The van der Waals surface area contributed by atoms with Crippen LogP contribution in [0.5, 0.6) is 0 Å². The number of nitrogen functional groups attached to an aromatic ring is 1. The van der Waals surface area contributed by atoms with Gasteiger partial charge in [0.2, 0.25) is 0 Å². The van der Waals surface area contributed by atoms with Gasteiger partial charge in [-0.25, -0.2) is 0 Å². The number of rotatable bonds is 1. The van der Waals surface area contributed by atoms with E-state index in [0.29, 0.717) is 0 Å². The molecule has 1 aromatic rings. The Kier molecular flexibility index (Phi) is 2.17. The second-order valence-electron chi connectivity index (χ2n) is 4.97. The van der Waals surface area contributed by atoms with Crippen LogP contribution in [0.3, 0.4) is 0 Å². The van der Waals surface area contributed by atoms with Gasteiger partial charge in [0.15, 0.2) is 0 Å². The van der Waals surface area contributed by atoms with Crippen molar-refractivity contribution in [2.75, 3.05) is 5.73 Å². The maximum atomic E-state index is 5.71. The fourth-order valence-electron chi connectivity index (χ4n) is 3.10. The maximum absolute atomic E-state index is 5.71. The van der Waals surface area contributed by atoms with Crippen molar-refractivity contribution < 1.29 is 0 Å². The van der Waals surface area contributed by atoms with E-state index in [4.69, 9.17) is 5.73 Å². The largest absolute Gasteiger partial charge is 0.399 e. The predicted octanol–water partition coefficient (Wildman–Crippen LogP) is 2.27. The Morgan fingerprint density at radius 1 is 1.00 bits per heavy atom. The van der Waals surface area contributed by atoms with Crippen molar-refractivity contribution in [2.24, 2.45) is 0 Å². The lowest BCUT2D eigenvalue weighted by Gasteiger charge is -2.29. The van der Waals surface area contributed by atoms with E-state index < -0.39 is 0 Å². The lowest BCUT2D eigenvalue weighted by molar-refractivity contribution is 0.363. The zero-order valence-electron chi connectivity index (χ0n) is 8.95. The SMILES string of the molecule is Nc1ccc(C2C[C@H]3CC[C@@H](C2)N3)cc1. The lowest BCUT2D eigenvalue weighted by atomic mass is 9.86. The summed E-state index contributed by atoms with van der Waals surface area (Å²) in [6, 6.07) is 9.99. The third kappa shape index (κ3) is 1.74. The van der Waals surface area contributed by atoms with E-state index in [1.807, 2.05) is 12.1 Å². The van der Waals surface area contributed by atoms with Crippen LogP contribution >= 0.6 is 0 Å². The van der Waals surface area contributed by atoms with Crippen molar-refractivity contribution in [1.29, 1.82) is 0 Å². The molecule has 0 spiro atoms. The number of piperidine rings is 1. The molecular weight excluding hydrogens is 184 g/mol. The van der Waals surface area contributed by atoms with Gasteiger partial charge in [-0.15, -0.1) is 0 Å². The molecule has 1 unspecified atom stereocenters. The monoisotopic (exact) mass is 202 g/mol. The van der Waals surface area contributed by atoms with Crippen molar-refractivity contribution in [2.45, 2.75) is 43.7 Å². The molecule has 2 bridgehead atoms. The minimum atomic E-state index is 0.754. The van der Waals surface area contributed by atoms with Gasteiger partial charge in [-0.3, -0.25) is 0 Å². The Labute approximate surface area is 90.9 Å². The van der Waals surface area contributed by atoms with E-state index in [-0.39, 0.29) is 0 Å². The quantitative estimate of drug-likeness (QED) is 0.686. The summed E-state index contributed by atoms with van der Waals surface area (Å²) in [4.78, 5) is 0. The standard InChI is InChI=1S/C13H18N2/c14-11-3-1-9(2-4-11)10-7-12-5-6-13(8-10)15-12/h1-4,10,12-13,15H,5-8,14H2/t10?,12-,13+. The van der Waals surface area contributed by atoms with Gasteiger partial charge >= 0.3 is 0 Å². The Morgan fingerprint density at radius 3 is 2.20 bits per heavy atom. The number of nitrogens with one attached hydrogen (secondary N) is 1. The Bertz CT molecular complexity index is 332. The normalized spacial score (nSPS) is 34.3. The van der Waals surface area contributed by atoms with Gasteiger partial charge in [0.1, 0.15) is 0 Å². The molecule has 2 aliphatic heterocycles. The van der Waals surface area contributed by atoms with Crippen LogP contribution in [0.1, 0.15) is 37.2 Å². The first kappa shape index (κ1) is 9.22. The fraction of sp³-hybridized carbons (Fsp3) is 0.538. The molecular formula is C13H18N2. The summed E-state index contributed by atoms with van der Waals surface area (Å²) in [5.41, 5.74) is 8.06. The van der Waals surface area contributed by atoms with Gasteiger partial charge in [0.25, 0.3) is 0 Å². The molecule has 80 valence electrons. The molecule has 0 saturated carbocycles. The van der Waals surface area contributed by atoms with Gasteiger partial charge in [0.05, 0.1) is 0 Å².